The highest BCUT2D eigenvalue weighted by molar-refractivity contribution is 7.89. The fourth-order valence-corrected chi connectivity index (χ4v) is 6.52. The van der Waals surface area contributed by atoms with Gasteiger partial charge in [0, 0.05) is 26.7 Å². The Hall–Kier alpha value is -1.49. The van der Waals surface area contributed by atoms with Gasteiger partial charge >= 0.3 is 0 Å². The monoisotopic (exact) mass is 443 g/mol. The van der Waals surface area contributed by atoms with Crippen LogP contribution in [0.1, 0.15) is 44.9 Å². The zero-order chi connectivity index (χ0) is 21.2. The summed E-state index contributed by atoms with van der Waals surface area (Å²) in [7, 11) is -4.70. The molecule has 1 aliphatic heterocycles. The fourth-order valence-electron chi connectivity index (χ4n) is 3.96. The van der Waals surface area contributed by atoms with Crippen LogP contribution in [0.15, 0.2) is 34.1 Å². The van der Waals surface area contributed by atoms with Gasteiger partial charge in [-0.3, -0.25) is 4.79 Å². The van der Waals surface area contributed by atoms with Crippen molar-refractivity contribution in [3.63, 3.8) is 0 Å². The second kappa shape index (κ2) is 8.71. The first-order chi connectivity index (χ1) is 13.6. The molecule has 0 unspecified atom stereocenters. The van der Waals surface area contributed by atoms with Crippen molar-refractivity contribution in [1.82, 2.24) is 13.9 Å². The minimum absolute atomic E-state index is 0.00688. The minimum Gasteiger partial charge on any atom is -0.352 e. The first kappa shape index (κ1) is 22.2. The molecule has 1 saturated heterocycles. The highest BCUT2D eigenvalue weighted by atomic mass is 32.2. The maximum Gasteiger partial charge on any atom is 0.243 e. The first-order valence-corrected chi connectivity index (χ1v) is 12.9. The Morgan fingerprint density at radius 2 is 1.52 bits per heavy atom. The summed E-state index contributed by atoms with van der Waals surface area (Å²) in [5, 5.41) is 3.03. The van der Waals surface area contributed by atoms with Gasteiger partial charge < -0.3 is 5.32 Å². The summed E-state index contributed by atoms with van der Waals surface area (Å²) in [6, 6.07) is 4.56. The van der Waals surface area contributed by atoms with Gasteiger partial charge in [0.15, 0.2) is 0 Å². The van der Waals surface area contributed by atoms with Crippen LogP contribution >= 0.6 is 0 Å². The second-order valence-electron chi connectivity index (χ2n) is 7.88. The van der Waals surface area contributed by atoms with Crippen molar-refractivity contribution in [2.24, 2.45) is 0 Å². The third kappa shape index (κ3) is 4.65. The molecule has 1 N–H and O–H groups in total. The van der Waals surface area contributed by atoms with Gasteiger partial charge in [-0.1, -0.05) is 19.3 Å². The molecule has 3 rings (SSSR count). The molecule has 0 radical (unpaired) electrons. The summed E-state index contributed by atoms with van der Waals surface area (Å²) >= 11 is 0. The van der Waals surface area contributed by atoms with E-state index in [0.29, 0.717) is 12.8 Å². The Labute approximate surface area is 173 Å². The van der Waals surface area contributed by atoms with Gasteiger partial charge in [-0.05, 0) is 49.9 Å². The summed E-state index contributed by atoms with van der Waals surface area (Å²) in [5.41, 5.74) is 0. The molecule has 0 spiro atoms. The van der Waals surface area contributed by atoms with Crippen molar-refractivity contribution >= 4 is 26.0 Å². The van der Waals surface area contributed by atoms with Crippen molar-refractivity contribution in [3.8, 4) is 0 Å². The van der Waals surface area contributed by atoms with Crippen LogP contribution < -0.4 is 5.32 Å². The number of benzene rings is 1. The SMILES string of the molecule is CN(C)S(=O)(=O)c1ccc(S(=O)(=O)N2CCC[C@H]2C(=O)NC2CCCCC2)cc1. The van der Waals surface area contributed by atoms with Crippen molar-refractivity contribution < 1.29 is 21.6 Å². The molecule has 1 amide bonds. The molecule has 1 aromatic carbocycles. The Balaban J connectivity index is 1.78. The predicted molar refractivity (Wildman–Crippen MR) is 109 cm³/mol. The van der Waals surface area contributed by atoms with E-state index < -0.39 is 26.1 Å². The van der Waals surface area contributed by atoms with Crippen LogP contribution in [0.5, 0.6) is 0 Å². The van der Waals surface area contributed by atoms with Crippen LogP contribution in [0.3, 0.4) is 0 Å². The third-order valence-corrected chi connectivity index (χ3v) is 9.42. The van der Waals surface area contributed by atoms with Crippen LogP contribution in [0.2, 0.25) is 0 Å². The molecule has 10 heteroatoms. The number of sulfonamides is 2. The smallest absolute Gasteiger partial charge is 0.243 e. The van der Waals surface area contributed by atoms with Crippen molar-refractivity contribution in [1.29, 1.82) is 0 Å². The van der Waals surface area contributed by atoms with Crippen molar-refractivity contribution in [3.05, 3.63) is 24.3 Å². The number of hydrogen-bond donors (Lipinski definition) is 1. The van der Waals surface area contributed by atoms with E-state index >= 15 is 0 Å². The van der Waals surface area contributed by atoms with E-state index in [1.165, 1.54) is 49.1 Å². The average molecular weight is 444 g/mol. The normalized spacial score (nSPS) is 22.1. The molecule has 2 aliphatic rings. The summed E-state index contributed by atoms with van der Waals surface area (Å²) in [6.45, 7) is 0.281. The number of rotatable bonds is 6. The number of hydrogen-bond acceptors (Lipinski definition) is 5. The van der Waals surface area contributed by atoms with Gasteiger partial charge in [0.05, 0.1) is 9.79 Å². The van der Waals surface area contributed by atoms with Gasteiger partial charge in [0.2, 0.25) is 26.0 Å². The number of carbonyl (C=O) groups is 1. The number of nitrogens with zero attached hydrogens (tertiary/aromatic N) is 2. The zero-order valence-electron chi connectivity index (χ0n) is 16.9. The lowest BCUT2D eigenvalue weighted by Crippen LogP contribution is -2.49. The molecular formula is C19H29N3O5S2. The van der Waals surface area contributed by atoms with Crippen LogP contribution in [0.4, 0.5) is 0 Å². The standard InChI is InChI=1S/C19H29N3O5S2/c1-21(2)28(24,25)16-10-12-17(13-11-16)29(26,27)22-14-6-9-18(22)19(23)20-15-7-4-3-5-8-15/h10-13,15,18H,3-9,14H2,1-2H3,(H,20,23)/t18-/m0/s1. The average Bonchev–Trinajstić information content (AvgIpc) is 3.20. The Kier molecular flexibility index (Phi) is 6.67. The molecule has 0 bridgehead atoms. The largest absolute Gasteiger partial charge is 0.352 e. The summed E-state index contributed by atoms with van der Waals surface area (Å²) in [6.07, 6.45) is 6.33. The minimum atomic E-state index is -3.89. The second-order valence-corrected chi connectivity index (χ2v) is 11.9. The summed E-state index contributed by atoms with van der Waals surface area (Å²) < 4.78 is 53.0. The van der Waals surface area contributed by atoms with Crippen molar-refractivity contribution in [2.75, 3.05) is 20.6 Å². The van der Waals surface area contributed by atoms with E-state index in [9.17, 15) is 21.6 Å². The number of nitrogens with one attached hydrogen (secondary N) is 1. The molecule has 0 aromatic heterocycles. The molecule has 1 aliphatic carbocycles. The van der Waals surface area contributed by atoms with Gasteiger partial charge in [-0.25, -0.2) is 21.1 Å². The van der Waals surface area contributed by atoms with Gasteiger partial charge in [0.1, 0.15) is 6.04 Å². The van der Waals surface area contributed by atoms with E-state index in [2.05, 4.69) is 5.32 Å². The lowest BCUT2D eigenvalue weighted by atomic mass is 9.95. The molecule has 1 saturated carbocycles. The van der Waals surface area contributed by atoms with E-state index in [-0.39, 0.29) is 28.3 Å². The molecule has 2 fully saturated rings. The molecule has 8 nitrogen and oxygen atoms in total. The summed E-state index contributed by atoms with van der Waals surface area (Å²) in [4.78, 5) is 12.8. The van der Waals surface area contributed by atoms with Crippen LogP contribution in [-0.2, 0) is 24.8 Å². The van der Waals surface area contributed by atoms with Crippen LogP contribution in [0, 0.1) is 0 Å². The number of amides is 1. The lowest BCUT2D eigenvalue weighted by molar-refractivity contribution is -0.125. The zero-order valence-corrected chi connectivity index (χ0v) is 18.5. The molecular weight excluding hydrogens is 414 g/mol. The van der Waals surface area contributed by atoms with E-state index in [1.54, 1.807) is 0 Å². The third-order valence-electron chi connectivity index (χ3n) is 5.67. The Morgan fingerprint density at radius 3 is 2.10 bits per heavy atom. The predicted octanol–water partition coefficient (Wildman–Crippen LogP) is 1.54. The first-order valence-electron chi connectivity index (χ1n) is 9.99. The molecule has 29 heavy (non-hydrogen) atoms. The number of carbonyl (C=O) groups excluding carboxylic acids is 1. The lowest BCUT2D eigenvalue weighted by Gasteiger charge is -2.28. The van der Waals surface area contributed by atoms with Crippen LogP contribution in [-0.4, -0.2) is 64.1 Å². The molecule has 1 heterocycles. The van der Waals surface area contributed by atoms with Crippen molar-refractivity contribution in [2.45, 2.75) is 66.8 Å². The van der Waals surface area contributed by atoms with Crippen LogP contribution in [0.25, 0.3) is 0 Å². The molecule has 162 valence electrons. The molecule has 1 aromatic rings. The summed E-state index contributed by atoms with van der Waals surface area (Å²) in [5.74, 6) is -0.232. The maximum atomic E-state index is 13.1. The van der Waals surface area contributed by atoms with E-state index in [1.807, 2.05) is 0 Å². The topological polar surface area (TPSA) is 104 Å². The highest BCUT2D eigenvalue weighted by Crippen LogP contribution is 2.28. The molecule has 1 atom stereocenters. The van der Waals surface area contributed by atoms with Gasteiger partial charge in [0.25, 0.3) is 0 Å². The van der Waals surface area contributed by atoms with E-state index in [4.69, 9.17) is 0 Å². The fraction of sp³-hybridized carbons (Fsp3) is 0.632. The quantitative estimate of drug-likeness (QED) is 0.718. The van der Waals surface area contributed by atoms with E-state index in [0.717, 1.165) is 30.0 Å². The van der Waals surface area contributed by atoms with Gasteiger partial charge in [-0.2, -0.15) is 4.31 Å². The maximum absolute atomic E-state index is 13.1. The van der Waals surface area contributed by atoms with Gasteiger partial charge in [-0.15, -0.1) is 0 Å². The Morgan fingerprint density at radius 1 is 0.931 bits per heavy atom. The highest BCUT2D eigenvalue weighted by Gasteiger charge is 2.40. The Bertz CT molecular complexity index is 937.